The van der Waals surface area contributed by atoms with Crippen molar-refractivity contribution in [2.75, 3.05) is 20.3 Å². The van der Waals surface area contributed by atoms with E-state index < -0.39 is 0 Å². The summed E-state index contributed by atoms with van der Waals surface area (Å²) in [5.74, 6) is 1.79. The zero-order valence-electron chi connectivity index (χ0n) is 16.8. The lowest BCUT2D eigenvalue weighted by Gasteiger charge is -2.11. The number of ether oxygens (including phenoxy) is 3. The van der Waals surface area contributed by atoms with Gasteiger partial charge in [-0.1, -0.05) is 68.5 Å². The molecule has 2 aromatic carbocycles. The molecule has 0 aromatic heterocycles. The summed E-state index contributed by atoms with van der Waals surface area (Å²) in [6.07, 6.45) is 5.51. The van der Waals surface area contributed by atoms with Gasteiger partial charge in [0.1, 0.15) is 5.75 Å². The van der Waals surface area contributed by atoms with Crippen molar-refractivity contribution >= 4 is 0 Å². The molecule has 0 unspecified atom stereocenters. The van der Waals surface area contributed by atoms with Gasteiger partial charge in [-0.25, -0.2) is 0 Å². The van der Waals surface area contributed by atoms with Gasteiger partial charge < -0.3 is 14.2 Å². The maximum Gasteiger partial charge on any atom is 0.118 e. The lowest BCUT2D eigenvalue weighted by atomic mass is 10.1. The summed E-state index contributed by atoms with van der Waals surface area (Å²) >= 11 is 0. The van der Waals surface area contributed by atoms with Gasteiger partial charge in [-0.2, -0.15) is 0 Å². The van der Waals surface area contributed by atoms with Crippen LogP contribution in [0.25, 0.3) is 0 Å². The van der Waals surface area contributed by atoms with Crippen LogP contribution >= 0.6 is 0 Å². The average molecular weight is 369 g/mol. The highest BCUT2D eigenvalue weighted by molar-refractivity contribution is 5.26. The minimum absolute atomic E-state index is 0.418. The van der Waals surface area contributed by atoms with Gasteiger partial charge in [0, 0.05) is 6.61 Å². The third-order valence-corrected chi connectivity index (χ3v) is 4.33. The first-order chi connectivity index (χ1) is 13.2. The van der Waals surface area contributed by atoms with Gasteiger partial charge in [0.15, 0.2) is 0 Å². The van der Waals surface area contributed by atoms with Crippen LogP contribution in [-0.2, 0) is 22.7 Å². The molecule has 0 spiro atoms. The minimum atomic E-state index is 0.418. The van der Waals surface area contributed by atoms with Crippen molar-refractivity contribution in [1.29, 1.82) is 0 Å². The van der Waals surface area contributed by atoms with E-state index in [-0.39, 0.29) is 0 Å². The molecule has 3 heteroatoms. The van der Waals surface area contributed by atoms with Crippen LogP contribution in [0.15, 0.2) is 66.7 Å². The Morgan fingerprint density at radius 3 is 2.11 bits per heavy atom. The summed E-state index contributed by atoms with van der Waals surface area (Å²) in [4.78, 5) is 0. The second kappa shape index (κ2) is 12.3. The second-order valence-corrected chi connectivity index (χ2v) is 7.11. The van der Waals surface area contributed by atoms with Crippen molar-refractivity contribution in [2.24, 2.45) is 11.8 Å². The zero-order valence-corrected chi connectivity index (χ0v) is 16.8. The van der Waals surface area contributed by atoms with Crippen LogP contribution in [0.2, 0.25) is 0 Å². The Morgan fingerprint density at radius 2 is 1.44 bits per heavy atom. The Kier molecular flexibility index (Phi) is 9.67. The van der Waals surface area contributed by atoms with Crippen LogP contribution in [0.1, 0.15) is 31.4 Å². The van der Waals surface area contributed by atoms with Gasteiger partial charge in [0.05, 0.1) is 26.9 Å². The van der Waals surface area contributed by atoms with Crippen molar-refractivity contribution in [3.8, 4) is 5.75 Å². The Labute approximate surface area is 164 Å². The van der Waals surface area contributed by atoms with E-state index in [2.05, 4.69) is 38.1 Å². The molecular weight excluding hydrogens is 336 g/mol. The molecule has 0 radical (unpaired) electrons. The Morgan fingerprint density at radius 1 is 0.815 bits per heavy atom. The van der Waals surface area contributed by atoms with Crippen molar-refractivity contribution in [3.05, 3.63) is 77.9 Å². The molecular formula is C24H32O3. The molecule has 0 aliphatic heterocycles. The van der Waals surface area contributed by atoms with Gasteiger partial charge in [0.2, 0.25) is 0 Å². The highest BCUT2D eigenvalue weighted by Crippen LogP contribution is 2.13. The van der Waals surface area contributed by atoms with Gasteiger partial charge in [0.25, 0.3) is 0 Å². The molecule has 0 aliphatic carbocycles. The molecule has 0 N–H and O–H groups in total. The van der Waals surface area contributed by atoms with E-state index >= 15 is 0 Å². The van der Waals surface area contributed by atoms with Crippen molar-refractivity contribution in [3.63, 3.8) is 0 Å². The second-order valence-electron chi connectivity index (χ2n) is 7.11. The first kappa shape index (κ1) is 21.2. The lowest BCUT2D eigenvalue weighted by molar-refractivity contribution is 0.0925. The lowest BCUT2D eigenvalue weighted by Crippen LogP contribution is -2.06. The molecule has 2 atom stereocenters. The Balaban J connectivity index is 1.56. The highest BCUT2D eigenvalue weighted by atomic mass is 16.5. The standard InChI is InChI=1S/C24H32O3/c1-20(16-26-18-22-10-5-4-6-11-22)8-7-9-21(2)17-27-19-23-12-14-24(25-3)15-13-23/h4-8,10-15,20-21H,9,16-19H2,1-3H3/b8-7+/t20-,21+/m1/s1. The van der Waals surface area contributed by atoms with Crippen LogP contribution in [0.5, 0.6) is 5.75 Å². The molecule has 2 rings (SSSR count). The monoisotopic (exact) mass is 368 g/mol. The van der Waals surface area contributed by atoms with Gasteiger partial charge >= 0.3 is 0 Å². The van der Waals surface area contributed by atoms with E-state index in [9.17, 15) is 0 Å². The highest BCUT2D eigenvalue weighted by Gasteiger charge is 2.03. The van der Waals surface area contributed by atoms with E-state index in [1.807, 2.05) is 42.5 Å². The first-order valence-electron chi connectivity index (χ1n) is 9.66. The fourth-order valence-electron chi connectivity index (χ4n) is 2.70. The number of benzene rings is 2. The normalized spacial score (nSPS) is 13.6. The summed E-state index contributed by atoms with van der Waals surface area (Å²) in [5, 5.41) is 0. The Hall–Kier alpha value is -2.10. The molecule has 0 amide bonds. The predicted octanol–water partition coefficient (Wildman–Crippen LogP) is 5.65. The smallest absolute Gasteiger partial charge is 0.118 e. The third-order valence-electron chi connectivity index (χ3n) is 4.33. The molecule has 0 heterocycles. The van der Waals surface area contributed by atoms with E-state index in [0.29, 0.717) is 25.0 Å². The number of rotatable bonds is 12. The van der Waals surface area contributed by atoms with Crippen molar-refractivity contribution < 1.29 is 14.2 Å². The van der Waals surface area contributed by atoms with Crippen LogP contribution in [0.3, 0.4) is 0 Å². The Bertz CT molecular complexity index is 649. The topological polar surface area (TPSA) is 27.7 Å². The fourth-order valence-corrected chi connectivity index (χ4v) is 2.70. The van der Waals surface area contributed by atoms with E-state index in [1.54, 1.807) is 7.11 Å². The molecule has 0 fully saturated rings. The predicted molar refractivity (Wildman–Crippen MR) is 111 cm³/mol. The molecule has 3 nitrogen and oxygen atoms in total. The average Bonchev–Trinajstić information content (AvgIpc) is 2.69. The summed E-state index contributed by atoms with van der Waals surface area (Å²) in [6, 6.07) is 18.3. The van der Waals surface area contributed by atoms with E-state index in [4.69, 9.17) is 14.2 Å². The van der Waals surface area contributed by atoms with Crippen molar-refractivity contribution in [2.45, 2.75) is 33.5 Å². The largest absolute Gasteiger partial charge is 0.497 e. The summed E-state index contributed by atoms with van der Waals surface area (Å²) < 4.78 is 16.8. The van der Waals surface area contributed by atoms with E-state index in [1.165, 1.54) is 11.1 Å². The van der Waals surface area contributed by atoms with Gasteiger partial charge in [-0.3, -0.25) is 0 Å². The quantitative estimate of drug-likeness (QED) is 0.453. The fraction of sp³-hybridized carbons (Fsp3) is 0.417. The summed E-state index contributed by atoms with van der Waals surface area (Å²) in [7, 11) is 1.68. The van der Waals surface area contributed by atoms with Crippen LogP contribution < -0.4 is 4.74 Å². The molecule has 0 saturated carbocycles. The zero-order chi connectivity index (χ0) is 19.3. The molecule has 0 bridgehead atoms. The first-order valence-corrected chi connectivity index (χ1v) is 9.66. The summed E-state index contributed by atoms with van der Waals surface area (Å²) in [6.45, 7) is 7.22. The molecule has 146 valence electrons. The molecule has 0 saturated heterocycles. The van der Waals surface area contributed by atoms with Crippen molar-refractivity contribution in [1.82, 2.24) is 0 Å². The van der Waals surface area contributed by atoms with Crippen LogP contribution in [-0.4, -0.2) is 20.3 Å². The van der Waals surface area contributed by atoms with Gasteiger partial charge in [-0.15, -0.1) is 0 Å². The van der Waals surface area contributed by atoms with Crippen LogP contribution in [0, 0.1) is 11.8 Å². The number of hydrogen-bond donors (Lipinski definition) is 0. The maximum atomic E-state index is 5.83. The van der Waals surface area contributed by atoms with Crippen LogP contribution in [0.4, 0.5) is 0 Å². The molecule has 2 aromatic rings. The number of hydrogen-bond acceptors (Lipinski definition) is 3. The molecule has 27 heavy (non-hydrogen) atoms. The van der Waals surface area contributed by atoms with E-state index in [0.717, 1.165) is 25.4 Å². The number of allylic oxidation sites excluding steroid dienone is 1. The summed E-state index contributed by atoms with van der Waals surface area (Å²) in [5.41, 5.74) is 2.39. The minimum Gasteiger partial charge on any atom is -0.497 e. The SMILES string of the molecule is COc1ccc(COC[C@@H](C)C/C=C/[C@@H](C)COCc2ccccc2)cc1. The third kappa shape index (κ3) is 8.89. The maximum absolute atomic E-state index is 5.83. The van der Waals surface area contributed by atoms with Gasteiger partial charge in [-0.05, 0) is 41.5 Å². The number of methoxy groups -OCH3 is 1. The molecule has 0 aliphatic rings.